The number of carbonyl (C=O) groups is 1. The summed E-state index contributed by atoms with van der Waals surface area (Å²) in [7, 11) is 1.63. The number of methoxy groups -OCH3 is 1. The van der Waals surface area contributed by atoms with Crippen LogP contribution in [0.25, 0.3) is 0 Å². The number of nitrogens with zero attached hydrogens (tertiary/aromatic N) is 4. The lowest BCUT2D eigenvalue weighted by molar-refractivity contribution is 0.102. The van der Waals surface area contributed by atoms with Gasteiger partial charge in [0.25, 0.3) is 5.91 Å². The number of ether oxygens (including phenoxy) is 2. The van der Waals surface area contributed by atoms with Gasteiger partial charge in [-0.3, -0.25) is 9.48 Å². The van der Waals surface area contributed by atoms with Crippen molar-refractivity contribution < 1.29 is 14.3 Å². The number of halogens is 2. The summed E-state index contributed by atoms with van der Waals surface area (Å²) in [6.07, 6.45) is 4.97. The van der Waals surface area contributed by atoms with Crippen molar-refractivity contribution in [2.75, 3.05) is 12.4 Å². The first-order valence-corrected chi connectivity index (χ1v) is 10.3. The van der Waals surface area contributed by atoms with Gasteiger partial charge >= 0.3 is 0 Å². The Kier molecular flexibility index (Phi) is 6.63. The minimum atomic E-state index is -0.356. The van der Waals surface area contributed by atoms with E-state index in [-0.39, 0.29) is 18.3 Å². The van der Waals surface area contributed by atoms with Crippen molar-refractivity contribution in [3.05, 3.63) is 88.4 Å². The topological polar surface area (TPSA) is 83.2 Å². The maximum absolute atomic E-state index is 12.5. The third kappa shape index (κ3) is 5.22. The summed E-state index contributed by atoms with van der Waals surface area (Å²) in [6, 6.07) is 14.4. The molecule has 0 radical (unpaired) electrons. The van der Waals surface area contributed by atoms with Gasteiger partial charge in [-0.05, 0) is 35.9 Å². The van der Waals surface area contributed by atoms with Crippen LogP contribution in [0.5, 0.6) is 11.5 Å². The molecule has 0 aliphatic rings. The van der Waals surface area contributed by atoms with E-state index < -0.39 is 0 Å². The molecule has 4 rings (SSSR count). The standard InChI is InChI=1S/C22H19Cl2N5O3/c1-31-17-5-2-4-15(10-17)12-29-13-16(11-25-29)26-22(30)19-8-9-28(27-19)14-32-20-7-3-6-18(23)21(20)24/h2-11,13H,12,14H2,1H3,(H,26,30). The minimum absolute atomic E-state index is 0.0752. The van der Waals surface area contributed by atoms with Gasteiger partial charge in [-0.25, -0.2) is 4.68 Å². The fraction of sp³-hybridized carbons (Fsp3) is 0.136. The fourth-order valence-corrected chi connectivity index (χ4v) is 3.30. The number of anilines is 1. The van der Waals surface area contributed by atoms with Crippen molar-refractivity contribution >= 4 is 34.8 Å². The molecule has 164 valence electrons. The molecule has 10 heteroatoms. The second kappa shape index (κ2) is 9.76. The van der Waals surface area contributed by atoms with Crippen LogP contribution in [0, 0.1) is 0 Å². The van der Waals surface area contributed by atoms with E-state index in [1.54, 1.807) is 54.6 Å². The van der Waals surface area contributed by atoms with Crippen LogP contribution in [0.4, 0.5) is 5.69 Å². The fourth-order valence-electron chi connectivity index (χ4n) is 2.95. The number of hydrogen-bond donors (Lipinski definition) is 1. The lowest BCUT2D eigenvalue weighted by atomic mass is 10.2. The molecule has 0 unspecified atom stereocenters. The first kappa shape index (κ1) is 21.7. The van der Waals surface area contributed by atoms with E-state index in [9.17, 15) is 4.79 Å². The zero-order chi connectivity index (χ0) is 22.5. The van der Waals surface area contributed by atoms with Gasteiger partial charge in [0.2, 0.25) is 0 Å². The molecular weight excluding hydrogens is 453 g/mol. The molecule has 8 nitrogen and oxygen atoms in total. The molecule has 32 heavy (non-hydrogen) atoms. The van der Waals surface area contributed by atoms with Gasteiger partial charge in [-0.2, -0.15) is 10.2 Å². The maximum Gasteiger partial charge on any atom is 0.276 e. The maximum atomic E-state index is 12.5. The second-order valence-electron chi connectivity index (χ2n) is 6.80. The van der Waals surface area contributed by atoms with Crippen LogP contribution in [-0.2, 0) is 13.3 Å². The number of amides is 1. The summed E-state index contributed by atoms with van der Waals surface area (Å²) >= 11 is 12.1. The Morgan fingerprint density at radius 1 is 1.12 bits per heavy atom. The van der Waals surface area contributed by atoms with E-state index in [2.05, 4.69) is 15.5 Å². The van der Waals surface area contributed by atoms with Crippen LogP contribution < -0.4 is 14.8 Å². The monoisotopic (exact) mass is 471 g/mol. The predicted molar refractivity (Wildman–Crippen MR) is 122 cm³/mol. The summed E-state index contributed by atoms with van der Waals surface area (Å²) in [6.45, 7) is 0.622. The van der Waals surface area contributed by atoms with Gasteiger partial charge in [-0.1, -0.05) is 41.4 Å². The van der Waals surface area contributed by atoms with Crippen LogP contribution in [-0.4, -0.2) is 32.6 Å². The summed E-state index contributed by atoms with van der Waals surface area (Å²) in [5.41, 5.74) is 1.84. The zero-order valence-electron chi connectivity index (χ0n) is 17.0. The van der Waals surface area contributed by atoms with Crippen molar-refractivity contribution in [3.8, 4) is 11.5 Å². The molecule has 4 aromatic rings. The van der Waals surface area contributed by atoms with Gasteiger partial charge in [0.05, 0.1) is 30.6 Å². The van der Waals surface area contributed by atoms with E-state index in [1.165, 1.54) is 4.68 Å². The lowest BCUT2D eigenvalue weighted by Crippen LogP contribution is -2.14. The predicted octanol–water partition coefficient (Wildman–Crippen LogP) is 4.73. The zero-order valence-corrected chi connectivity index (χ0v) is 18.5. The van der Waals surface area contributed by atoms with Crippen molar-refractivity contribution in [3.63, 3.8) is 0 Å². The van der Waals surface area contributed by atoms with Gasteiger partial charge in [-0.15, -0.1) is 0 Å². The molecule has 0 fully saturated rings. The molecule has 1 amide bonds. The van der Waals surface area contributed by atoms with Crippen LogP contribution in [0.2, 0.25) is 10.0 Å². The first-order chi connectivity index (χ1) is 15.5. The third-order valence-corrected chi connectivity index (χ3v) is 5.31. The minimum Gasteiger partial charge on any atom is -0.497 e. The Bertz CT molecular complexity index is 1240. The Hall–Kier alpha value is -3.49. The van der Waals surface area contributed by atoms with E-state index in [1.807, 2.05) is 24.3 Å². The molecule has 0 atom stereocenters. The normalized spacial score (nSPS) is 10.7. The molecular formula is C22H19Cl2N5O3. The number of aromatic nitrogens is 4. The van der Waals surface area contributed by atoms with Crippen LogP contribution in [0.1, 0.15) is 16.1 Å². The molecule has 0 spiro atoms. The van der Waals surface area contributed by atoms with Gasteiger partial charge in [0, 0.05) is 12.4 Å². The van der Waals surface area contributed by atoms with E-state index in [0.717, 1.165) is 11.3 Å². The number of nitrogens with one attached hydrogen (secondary N) is 1. The smallest absolute Gasteiger partial charge is 0.276 e. The van der Waals surface area contributed by atoms with E-state index >= 15 is 0 Å². The molecule has 2 heterocycles. The Morgan fingerprint density at radius 2 is 1.97 bits per heavy atom. The average molecular weight is 472 g/mol. The number of carbonyl (C=O) groups excluding carboxylic acids is 1. The van der Waals surface area contributed by atoms with Crippen molar-refractivity contribution in [1.29, 1.82) is 0 Å². The summed E-state index contributed by atoms with van der Waals surface area (Å²) in [4.78, 5) is 12.5. The molecule has 0 bridgehead atoms. The van der Waals surface area contributed by atoms with E-state index in [4.69, 9.17) is 32.7 Å². The molecule has 1 N–H and O–H groups in total. The second-order valence-corrected chi connectivity index (χ2v) is 7.58. The average Bonchev–Trinajstić information content (AvgIpc) is 3.44. The largest absolute Gasteiger partial charge is 0.497 e. The highest BCUT2D eigenvalue weighted by molar-refractivity contribution is 6.42. The molecule has 2 aromatic heterocycles. The molecule has 0 aliphatic carbocycles. The van der Waals surface area contributed by atoms with E-state index in [0.29, 0.717) is 28.0 Å². The summed E-state index contributed by atoms with van der Waals surface area (Å²) in [5, 5.41) is 12.0. The highest BCUT2D eigenvalue weighted by Gasteiger charge is 2.12. The van der Waals surface area contributed by atoms with Crippen LogP contribution >= 0.6 is 23.2 Å². The third-order valence-electron chi connectivity index (χ3n) is 4.51. The molecule has 0 saturated carbocycles. The SMILES string of the molecule is COc1cccc(Cn2cc(NC(=O)c3ccn(COc4cccc(Cl)c4Cl)n3)cn2)c1. The van der Waals surface area contributed by atoms with Crippen molar-refractivity contribution in [2.24, 2.45) is 0 Å². The Labute approximate surface area is 194 Å². The number of benzene rings is 2. The quantitative estimate of drug-likeness (QED) is 0.401. The Morgan fingerprint density at radius 3 is 2.81 bits per heavy atom. The van der Waals surface area contributed by atoms with Gasteiger partial charge < -0.3 is 14.8 Å². The number of hydrogen-bond acceptors (Lipinski definition) is 5. The van der Waals surface area contributed by atoms with Crippen molar-refractivity contribution in [2.45, 2.75) is 13.3 Å². The van der Waals surface area contributed by atoms with Crippen molar-refractivity contribution in [1.82, 2.24) is 19.6 Å². The molecule has 2 aromatic carbocycles. The number of rotatable bonds is 8. The summed E-state index contributed by atoms with van der Waals surface area (Å²) in [5.74, 6) is 0.856. The highest BCUT2D eigenvalue weighted by Crippen LogP contribution is 2.31. The lowest BCUT2D eigenvalue weighted by Gasteiger charge is -2.08. The van der Waals surface area contributed by atoms with Gasteiger partial charge in [0.15, 0.2) is 12.4 Å². The first-order valence-electron chi connectivity index (χ1n) is 9.59. The highest BCUT2D eigenvalue weighted by atomic mass is 35.5. The van der Waals surface area contributed by atoms with Crippen LogP contribution in [0.15, 0.2) is 67.1 Å². The summed E-state index contributed by atoms with van der Waals surface area (Å²) < 4.78 is 14.1. The van der Waals surface area contributed by atoms with Crippen LogP contribution in [0.3, 0.4) is 0 Å². The molecule has 0 saturated heterocycles. The molecule has 0 aliphatic heterocycles. The van der Waals surface area contributed by atoms with Gasteiger partial charge in [0.1, 0.15) is 16.5 Å². The Balaban J connectivity index is 1.34.